The normalized spacial score (nSPS) is 14.9. The largest absolute Gasteiger partial charge is 0.488 e. The molecule has 0 atom stereocenters. The summed E-state index contributed by atoms with van der Waals surface area (Å²) in [5.41, 5.74) is 1.72. The van der Waals surface area contributed by atoms with Crippen LogP contribution in [0.1, 0.15) is 18.1 Å². The standard InChI is InChI=1S/C25H21NO5S/c1-2-30-23(27)15-26-24(28)22(32-25(26)29)14-20-19-11-7-6-10-18(19)12-13-21(20)31-16-17-8-4-3-5-9-17/h3-14H,2,15-16H2,1H3/b22-14-. The average molecular weight is 448 g/mol. The highest BCUT2D eigenvalue weighted by molar-refractivity contribution is 8.18. The average Bonchev–Trinajstić information content (AvgIpc) is 3.06. The molecule has 0 bridgehead atoms. The molecule has 7 heteroatoms. The van der Waals surface area contributed by atoms with Crippen LogP contribution in [0.4, 0.5) is 4.79 Å². The van der Waals surface area contributed by atoms with Crippen LogP contribution in [-0.2, 0) is 20.9 Å². The number of nitrogens with zero attached hydrogens (tertiary/aromatic N) is 1. The predicted octanol–water partition coefficient (Wildman–Crippen LogP) is 5.02. The lowest BCUT2D eigenvalue weighted by molar-refractivity contribution is -0.145. The summed E-state index contributed by atoms with van der Waals surface area (Å²) in [6, 6.07) is 21.4. The van der Waals surface area contributed by atoms with E-state index >= 15 is 0 Å². The Balaban J connectivity index is 1.68. The summed E-state index contributed by atoms with van der Waals surface area (Å²) in [6.45, 7) is 1.82. The highest BCUT2D eigenvalue weighted by Crippen LogP contribution is 2.37. The zero-order chi connectivity index (χ0) is 22.5. The minimum atomic E-state index is -0.618. The number of ether oxygens (including phenoxy) is 2. The van der Waals surface area contributed by atoms with Crippen molar-refractivity contribution in [1.29, 1.82) is 0 Å². The maximum absolute atomic E-state index is 12.9. The molecule has 0 aliphatic carbocycles. The third kappa shape index (κ3) is 4.68. The van der Waals surface area contributed by atoms with Gasteiger partial charge < -0.3 is 9.47 Å². The second-order valence-corrected chi connectivity index (χ2v) is 8.04. The first-order valence-corrected chi connectivity index (χ1v) is 11.0. The van der Waals surface area contributed by atoms with Crippen molar-refractivity contribution in [2.75, 3.05) is 13.2 Å². The quantitative estimate of drug-likeness (QED) is 0.374. The van der Waals surface area contributed by atoms with E-state index in [1.807, 2.05) is 66.7 Å². The van der Waals surface area contributed by atoms with Crippen LogP contribution in [0.3, 0.4) is 0 Å². The van der Waals surface area contributed by atoms with Crippen molar-refractivity contribution in [2.24, 2.45) is 0 Å². The first kappa shape index (κ1) is 21.6. The number of rotatable bonds is 7. The lowest BCUT2D eigenvalue weighted by Crippen LogP contribution is -2.34. The molecule has 6 nitrogen and oxygen atoms in total. The van der Waals surface area contributed by atoms with Crippen LogP contribution in [-0.4, -0.2) is 35.2 Å². The van der Waals surface area contributed by atoms with Crippen LogP contribution in [0, 0.1) is 0 Å². The molecule has 0 unspecified atom stereocenters. The van der Waals surface area contributed by atoms with Gasteiger partial charge in [0.1, 0.15) is 18.9 Å². The number of esters is 1. The summed E-state index contributed by atoms with van der Waals surface area (Å²) in [7, 11) is 0. The maximum atomic E-state index is 12.9. The molecular formula is C25H21NO5S. The highest BCUT2D eigenvalue weighted by Gasteiger charge is 2.37. The van der Waals surface area contributed by atoms with Crippen molar-refractivity contribution in [3.8, 4) is 5.75 Å². The van der Waals surface area contributed by atoms with E-state index in [9.17, 15) is 14.4 Å². The van der Waals surface area contributed by atoms with Gasteiger partial charge in [0.05, 0.1) is 11.5 Å². The molecule has 1 aliphatic heterocycles. The molecule has 32 heavy (non-hydrogen) atoms. The number of carbonyl (C=O) groups is 3. The van der Waals surface area contributed by atoms with Crippen LogP contribution < -0.4 is 4.74 Å². The molecule has 162 valence electrons. The van der Waals surface area contributed by atoms with E-state index < -0.39 is 23.7 Å². The molecule has 4 rings (SSSR count). The Hall–Kier alpha value is -3.58. The van der Waals surface area contributed by atoms with Gasteiger partial charge in [0, 0.05) is 5.56 Å². The summed E-state index contributed by atoms with van der Waals surface area (Å²) >= 11 is 0.804. The number of benzene rings is 3. The number of imide groups is 1. The third-order valence-corrected chi connectivity index (χ3v) is 5.82. The van der Waals surface area contributed by atoms with Crippen LogP contribution >= 0.6 is 11.8 Å². The number of amides is 2. The van der Waals surface area contributed by atoms with Crippen molar-refractivity contribution in [1.82, 2.24) is 4.90 Å². The Morgan fingerprint density at radius 1 is 1.00 bits per heavy atom. The fourth-order valence-electron chi connectivity index (χ4n) is 3.39. The molecule has 1 heterocycles. The first-order valence-electron chi connectivity index (χ1n) is 10.2. The molecule has 1 aliphatic rings. The maximum Gasteiger partial charge on any atom is 0.326 e. The summed E-state index contributed by atoms with van der Waals surface area (Å²) < 4.78 is 11.0. The SMILES string of the molecule is CCOC(=O)CN1C(=O)S/C(=C\c2c(OCc3ccccc3)ccc3ccccc23)C1=O. The van der Waals surface area contributed by atoms with Gasteiger partial charge in [-0.05, 0) is 47.2 Å². The number of fused-ring (bicyclic) bond motifs is 1. The van der Waals surface area contributed by atoms with Gasteiger partial charge in [-0.15, -0.1) is 0 Å². The van der Waals surface area contributed by atoms with Gasteiger partial charge in [-0.3, -0.25) is 19.3 Å². The predicted molar refractivity (Wildman–Crippen MR) is 124 cm³/mol. The molecule has 0 spiro atoms. The fraction of sp³-hybridized carbons (Fsp3) is 0.160. The fourth-order valence-corrected chi connectivity index (χ4v) is 4.21. The smallest absolute Gasteiger partial charge is 0.326 e. The van der Waals surface area contributed by atoms with Gasteiger partial charge in [0.15, 0.2) is 0 Å². The molecule has 2 amide bonds. The minimum absolute atomic E-state index is 0.184. The molecule has 1 fully saturated rings. The van der Waals surface area contributed by atoms with E-state index in [0.29, 0.717) is 17.9 Å². The van der Waals surface area contributed by atoms with Gasteiger partial charge in [-0.1, -0.05) is 60.7 Å². The van der Waals surface area contributed by atoms with Crippen LogP contribution in [0.25, 0.3) is 16.8 Å². The van der Waals surface area contributed by atoms with Gasteiger partial charge in [0.25, 0.3) is 11.1 Å². The van der Waals surface area contributed by atoms with Crippen molar-refractivity contribution in [3.63, 3.8) is 0 Å². The van der Waals surface area contributed by atoms with Crippen LogP contribution in [0.5, 0.6) is 5.75 Å². The molecule has 0 aromatic heterocycles. The molecular weight excluding hydrogens is 426 g/mol. The number of carbonyl (C=O) groups excluding carboxylic acids is 3. The summed E-state index contributed by atoms with van der Waals surface area (Å²) in [6.07, 6.45) is 1.67. The van der Waals surface area contributed by atoms with E-state index in [2.05, 4.69) is 0 Å². The van der Waals surface area contributed by atoms with Crippen molar-refractivity contribution >= 4 is 45.7 Å². The van der Waals surface area contributed by atoms with Crippen LogP contribution in [0.15, 0.2) is 71.6 Å². The Bertz CT molecular complexity index is 1210. The number of hydrogen-bond acceptors (Lipinski definition) is 6. The van der Waals surface area contributed by atoms with Crippen molar-refractivity contribution in [3.05, 3.63) is 82.8 Å². The molecule has 0 saturated carbocycles. The second kappa shape index (κ2) is 9.70. The van der Waals surface area contributed by atoms with E-state index in [-0.39, 0.29) is 11.5 Å². The van der Waals surface area contributed by atoms with E-state index in [4.69, 9.17) is 9.47 Å². The van der Waals surface area contributed by atoms with E-state index in [0.717, 1.165) is 33.0 Å². The highest BCUT2D eigenvalue weighted by atomic mass is 32.2. The molecule has 3 aromatic carbocycles. The van der Waals surface area contributed by atoms with Gasteiger partial charge in [0.2, 0.25) is 0 Å². The Morgan fingerprint density at radius 2 is 1.75 bits per heavy atom. The third-order valence-electron chi connectivity index (χ3n) is 4.91. The lowest BCUT2D eigenvalue weighted by atomic mass is 10.0. The monoisotopic (exact) mass is 447 g/mol. The zero-order valence-corrected chi connectivity index (χ0v) is 18.3. The molecule has 0 N–H and O–H groups in total. The Morgan fingerprint density at radius 3 is 2.53 bits per heavy atom. The molecule has 1 saturated heterocycles. The number of hydrogen-bond donors (Lipinski definition) is 0. The van der Waals surface area contributed by atoms with Gasteiger partial charge in [-0.25, -0.2) is 0 Å². The van der Waals surface area contributed by atoms with Gasteiger partial charge >= 0.3 is 5.97 Å². The molecule has 3 aromatic rings. The summed E-state index contributed by atoms with van der Waals surface area (Å²) in [4.78, 5) is 38.2. The Labute approximate surface area is 189 Å². The van der Waals surface area contributed by atoms with E-state index in [1.165, 1.54) is 0 Å². The lowest BCUT2D eigenvalue weighted by Gasteiger charge is -2.13. The number of thioether (sulfide) groups is 1. The molecule has 0 radical (unpaired) electrons. The Kier molecular flexibility index (Phi) is 6.56. The summed E-state index contributed by atoms with van der Waals surface area (Å²) in [5.74, 6) is -0.534. The van der Waals surface area contributed by atoms with Crippen LogP contribution in [0.2, 0.25) is 0 Å². The minimum Gasteiger partial charge on any atom is -0.488 e. The summed E-state index contributed by atoms with van der Waals surface area (Å²) in [5, 5.41) is 1.38. The van der Waals surface area contributed by atoms with E-state index in [1.54, 1.807) is 13.0 Å². The van der Waals surface area contributed by atoms with Gasteiger partial charge in [-0.2, -0.15) is 0 Å². The zero-order valence-electron chi connectivity index (χ0n) is 17.4. The van der Waals surface area contributed by atoms with Crippen molar-refractivity contribution < 1.29 is 23.9 Å². The second-order valence-electron chi connectivity index (χ2n) is 7.05. The first-order chi connectivity index (χ1) is 15.6. The topological polar surface area (TPSA) is 72.9 Å². The van der Waals surface area contributed by atoms with Crippen molar-refractivity contribution in [2.45, 2.75) is 13.5 Å².